The van der Waals surface area contributed by atoms with Crippen molar-refractivity contribution in [2.75, 3.05) is 4.90 Å². The maximum atomic E-state index is 13.0. The highest BCUT2D eigenvalue weighted by molar-refractivity contribution is 9.10. The molecule has 5 nitrogen and oxygen atoms in total. The van der Waals surface area contributed by atoms with Gasteiger partial charge >= 0.3 is 0 Å². The fourth-order valence-electron chi connectivity index (χ4n) is 3.54. The smallest absolute Gasteiger partial charge is 0.257 e. The lowest BCUT2D eigenvalue weighted by Crippen LogP contribution is -2.47. The summed E-state index contributed by atoms with van der Waals surface area (Å²) in [5.74, 6) is -0.659. The molecule has 2 aromatic rings. The monoisotopic (exact) mass is 426 g/mol. The average Bonchev–Trinajstić information content (AvgIpc) is 3.44. The van der Waals surface area contributed by atoms with E-state index in [-0.39, 0.29) is 36.6 Å². The molecule has 2 fully saturated rings. The third kappa shape index (κ3) is 3.67. The van der Waals surface area contributed by atoms with Gasteiger partial charge in [-0.3, -0.25) is 14.4 Å². The van der Waals surface area contributed by atoms with Gasteiger partial charge in [-0.1, -0.05) is 46.3 Å². The summed E-state index contributed by atoms with van der Waals surface area (Å²) in [6.45, 7) is 0. The van der Waals surface area contributed by atoms with Crippen molar-refractivity contribution < 1.29 is 14.4 Å². The zero-order valence-electron chi connectivity index (χ0n) is 14.7. The molecule has 1 atom stereocenters. The summed E-state index contributed by atoms with van der Waals surface area (Å²) >= 11 is 3.36. The van der Waals surface area contributed by atoms with Crippen LogP contribution in [0.3, 0.4) is 0 Å². The van der Waals surface area contributed by atoms with E-state index in [0.717, 1.165) is 22.9 Å². The van der Waals surface area contributed by atoms with Gasteiger partial charge < -0.3 is 4.90 Å². The maximum Gasteiger partial charge on any atom is 0.257 e. The first-order valence-electron chi connectivity index (χ1n) is 9.02. The fraction of sp³-hybridized carbons (Fsp3) is 0.286. The molecule has 1 heterocycles. The van der Waals surface area contributed by atoms with Crippen LogP contribution >= 0.6 is 15.9 Å². The second kappa shape index (κ2) is 7.27. The molecule has 3 amide bonds. The summed E-state index contributed by atoms with van der Waals surface area (Å²) < 4.78 is 0.875. The van der Waals surface area contributed by atoms with Crippen LogP contribution in [0, 0.1) is 0 Å². The molecule has 0 spiro atoms. The Balaban J connectivity index is 1.56. The topological polar surface area (TPSA) is 57.7 Å². The van der Waals surface area contributed by atoms with Crippen LogP contribution in [0.1, 0.15) is 24.8 Å². The van der Waals surface area contributed by atoms with Gasteiger partial charge in [0.05, 0.1) is 18.5 Å². The molecule has 1 unspecified atom stereocenters. The molecule has 2 aromatic carbocycles. The number of amides is 3. The van der Waals surface area contributed by atoms with E-state index in [2.05, 4.69) is 15.9 Å². The van der Waals surface area contributed by atoms with E-state index >= 15 is 0 Å². The Kier molecular flexibility index (Phi) is 4.83. The fourth-order valence-corrected chi connectivity index (χ4v) is 3.81. The minimum atomic E-state index is -0.704. The number of rotatable bonds is 5. The molecule has 0 radical (unpaired) electrons. The van der Waals surface area contributed by atoms with Crippen molar-refractivity contribution in [1.82, 2.24) is 4.90 Å². The van der Waals surface area contributed by atoms with Crippen LogP contribution in [0.4, 0.5) is 5.69 Å². The molecule has 1 aliphatic carbocycles. The van der Waals surface area contributed by atoms with Crippen molar-refractivity contribution >= 4 is 39.3 Å². The standard InChI is InChI=1S/C21H19BrN2O3/c22-15-6-8-17(9-7-15)24-20(26)13-18(21(24)27)23(16-10-11-16)19(25)12-14-4-2-1-3-5-14/h1-9,16,18H,10-13H2. The first kappa shape index (κ1) is 17.9. The van der Waals surface area contributed by atoms with Gasteiger partial charge in [0, 0.05) is 10.5 Å². The van der Waals surface area contributed by atoms with E-state index in [1.165, 1.54) is 4.90 Å². The Labute approximate surface area is 166 Å². The van der Waals surface area contributed by atoms with Crippen molar-refractivity contribution in [2.45, 2.75) is 37.8 Å². The van der Waals surface area contributed by atoms with Crippen LogP contribution in [-0.2, 0) is 20.8 Å². The molecule has 0 N–H and O–H groups in total. The molecule has 1 saturated carbocycles. The number of nitrogens with zero attached hydrogens (tertiary/aromatic N) is 2. The number of carbonyl (C=O) groups is 3. The second-order valence-electron chi connectivity index (χ2n) is 6.96. The Bertz CT molecular complexity index is 878. The number of anilines is 1. The van der Waals surface area contributed by atoms with Gasteiger partial charge in [-0.05, 0) is 42.7 Å². The van der Waals surface area contributed by atoms with E-state index in [0.29, 0.717) is 5.69 Å². The lowest BCUT2D eigenvalue weighted by atomic mass is 10.1. The van der Waals surface area contributed by atoms with Crippen LogP contribution in [0.2, 0.25) is 0 Å². The summed E-state index contributed by atoms with van der Waals surface area (Å²) in [5.41, 5.74) is 1.46. The Morgan fingerprint density at radius 3 is 2.33 bits per heavy atom. The quantitative estimate of drug-likeness (QED) is 0.689. The first-order valence-corrected chi connectivity index (χ1v) is 9.81. The lowest BCUT2D eigenvalue weighted by molar-refractivity contribution is -0.138. The predicted molar refractivity (Wildman–Crippen MR) is 105 cm³/mol. The van der Waals surface area contributed by atoms with Gasteiger partial charge in [0.25, 0.3) is 5.91 Å². The SMILES string of the molecule is O=C1CC(N(C(=O)Cc2ccccc2)C2CC2)C(=O)N1c1ccc(Br)cc1. The number of benzene rings is 2. The van der Waals surface area contributed by atoms with Crippen LogP contribution in [0.15, 0.2) is 59.1 Å². The van der Waals surface area contributed by atoms with Gasteiger partial charge in [-0.15, -0.1) is 0 Å². The van der Waals surface area contributed by atoms with Crippen LogP contribution in [0.25, 0.3) is 0 Å². The zero-order chi connectivity index (χ0) is 19.0. The minimum Gasteiger partial charge on any atom is -0.327 e. The number of halogens is 1. The molecule has 1 saturated heterocycles. The van der Waals surface area contributed by atoms with Gasteiger partial charge in [0.15, 0.2) is 0 Å². The highest BCUT2D eigenvalue weighted by Crippen LogP contribution is 2.34. The molecule has 4 rings (SSSR count). The van der Waals surface area contributed by atoms with Gasteiger partial charge in [-0.2, -0.15) is 0 Å². The number of carbonyl (C=O) groups excluding carboxylic acids is 3. The van der Waals surface area contributed by atoms with E-state index in [1.807, 2.05) is 30.3 Å². The van der Waals surface area contributed by atoms with Crippen LogP contribution < -0.4 is 4.90 Å². The lowest BCUT2D eigenvalue weighted by Gasteiger charge is -2.27. The Morgan fingerprint density at radius 2 is 1.70 bits per heavy atom. The normalized spacial score (nSPS) is 19.4. The zero-order valence-corrected chi connectivity index (χ0v) is 16.3. The van der Waals surface area contributed by atoms with E-state index in [4.69, 9.17) is 0 Å². The van der Waals surface area contributed by atoms with Gasteiger partial charge in [-0.25, -0.2) is 4.90 Å². The largest absolute Gasteiger partial charge is 0.327 e. The number of hydrogen-bond acceptors (Lipinski definition) is 3. The summed E-state index contributed by atoms with van der Waals surface area (Å²) in [6, 6.07) is 15.9. The van der Waals surface area contributed by atoms with Gasteiger partial charge in [0.1, 0.15) is 6.04 Å². The molecule has 138 valence electrons. The molecular formula is C21H19BrN2O3. The molecule has 1 aliphatic heterocycles. The molecule has 0 bridgehead atoms. The van der Waals surface area contributed by atoms with Crippen molar-refractivity contribution in [3.8, 4) is 0 Å². The molecule has 6 heteroatoms. The molecular weight excluding hydrogens is 408 g/mol. The second-order valence-corrected chi connectivity index (χ2v) is 7.87. The summed E-state index contributed by atoms with van der Waals surface area (Å²) in [4.78, 5) is 41.4. The summed E-state index contributed by atoms with van der Waals surface area (Å²) in [6.07, 6.45) is 2.06. The van der Waals surface area contributed by atoms with Crippen LogP contribution in [-0.4, -0.2) is 34.7 Å². The Hall–Kier alpha value is -2.47. The van der Waals surface area contributed by atoms with Crippen molar-refractivity contribution in [3.05, 3.63) is 64.6 Å². The third-order valence-corrected chi connectivity index (χ3v) is 5.50. The molecule has 2 aliphatic rings. The molecule has 0 aromatic heterocycles. The van der Waals surface area contributed by atoms with Crippen LogP contribution in [0.5, 0.6) is 0 Å². The molecule has 27 heavy (non-hydrogen) atoms. The third-order valence-electron chi connectivity index (χ3n) is 4.97. The summed E-state index contributed by atoms with van der Waals surface area (Å²) in [7, 11) is 0. The van der Waals surface area contributed by atoms with E-state index in [1.54, 1.807) is 29.2 Å². The minimum absolute atomic E-state index is 0.0475. The first-order chi connectivity index (χ1) is 13.0. The maximum absolute atomic E-state index is 13.0. The predicted octanol–water partition coefficient (Wildman–Crippen LogP) is 3.31. The number of imide groups is 1. The number of hydrogen-bond donors (Lipinski definition) is 0. The van der Waals surface area contributed by atoms with Crippen molar-refractivity contribution in [3.63, 3.8) is 0 Å². The van der Waals surface area contributed by atoms with E-state index in [9.17, 15) is 14.4 Å². The Morgan fingerprint density at radius 1 is 1.04 bits per heavy atom. The average molecular weight is 427 g/mol. The van der Waals surface area contributed by atoms with Crippen molar-refractivity contribution in [2.24, 2.45) is 0 Å². The summed E-state index contributed by atoms with van der Waals surface area (Å²) in [5, 5.41) is 0. The highest BCUT2D eigenvalue weighted by Gasteiger charge is 2.48. The highest BCUT2D eigenvalue weighted by atomic mass is 79.9. The van der Waals surface area contributed by atoms with Crippen molar-refractivity contribution in [1.29, 1.82) is 0 Å². The van der Waals surface area contributed by atoms with Gasteiger partial charge in [0.2, 0.25) is 11.8 Å². The van der Waals surface area contributed by atoms with E-state index < -0.39 is 6.04 Å².